The quantitative estimate of drug-likeness (QED) is 0.626. The molecule has 0 spiro atoms. The van der Waals surface area contributed by atoms with Gasteiger partial charge in [0.15, 0.2) is 0 Å². The Labute approximate surface area is 194 Å². The summed E-state index contributed by atoms with van der Waals surface area (Å²) in [7, 11) is -3.80. The molecular formula is C24H30FN3O4S. The van der Waals surface area contributed by atoms with Crippen molar-refractivity contribution in [2.24, 2.45) is 0 Å². The number of piperidine rings is 1. The topological polar surface area (TPSA) is 95.6 Å². The molecule has 178 valence electrons. The molecule has 0 aliphatic carbocycles. The maximum atomic E-state index is 13.5. The Morgan fingerprint density at radius 1 is 1.06 bits per heavy atom. The average molecular weight is 476 g/mol. The molecule has 0 radical (unpaired) electrons. The summed E-state index contributed by atoms with van der Waals surface area (Å²) >= 11 is 0. The highest BCUT2D eigenvalue weighted by molar-refractivity contribution is 7.89. The predicted molar refractivity (Wildman–Crippen MR) is 125 cm³/mol. The summed E-state index contributed by atoms with van der Waals surface area (Å²) < 4.78 is 41.4. The zero-order valence-corrected chi connectivity index (χ0v) is 20.0. The van der Waals surface area contributed by atoms with Gasteiger partial charge in [0.1, 0.15) is 5.82 Å². The van der Waals surface area contributed by atoms with Gasteiger partial charge in [-0.3, -0.25) is 9.59 Å². The highest BCUT2D eigenvalue weighted by Crippen LogP contribution is 2.28. The number of hydrogen-bond acceptors (Lipinski definition) is 4. The Morgan fingerprint density at radius 3 is 2.55 bits per heavy atom. The molecule has 2 aromatic rings. The number of anilines is 1. The number of carbonyl (C=O) groups excluding carboxylic acids is 2. The summed E-state index contributed by atoms with van der Waals surface area (Å²) in [6.45, 7) is 5.89. The van der Waals surface area contributed by atoms with Gasteiger partial charge in [-0.1, -0.05) is 18.6 Å². The van der Waals surface area contributed by atoms with Gasteiger partial charge in [0.25, 0.3) is 0 Å². The lowest BCUT2D eigenvalue weighted by Crippen LogP contribution is -2.46. The maximum Gasteiger partial charge on any atom is 0.313 e. The van der Waals surface area contributed by atoms with E-state index in [1.807, 2.05) is 19.9 Å². The van der Waals surface area contributed by atoms with Gasteiger partial charge in [0, 0.05) is 24.8 Å². The summed E-state index contributed by atoms with van der Waals surface area (Å²) in [5.74, 6) is -2.02. The van der Waals surface area contributed by atoms with E-state index in [0.717, 1.165) is 30.0 Å². The van der Waals surface area contributed by atoms with Crippen molar-refractivity contribution in [1.29, 1.82) is 0 Å². The van der Waals surface area contributed by atoms with E-state index in [4.69, 9.17) is 0 Å². The van der Waals surface area contributed by atoms with Crippen molar-refractivity contribution >= 4 is 27.5 Å². The van der Waals surface area contributed by atoms with E-state index < -0.39 is 27.7 Å². The van der Waals surface area contributed by atoms with Crippen molar-refractivity contribution in [2.75, 3.05) is 18.4 Å². The Hall–Kier alpha value is -2.78. The molecule has 2 N–H and O–H groups in total. The fraction of sp³-hybridized carbons (Fsp3) is 0.417. The van der Waals surface area contributed by atoms with Crippen molar-refractivity contribution in [3.8, 4) is 0 Å². The smallest absolute Gasteiger partial charge is 0.313 e. The van der Waals surface area contributed by atoms with Crippen molar-refractivity contribution in [3.05, 3.63) is 58.9 Å². The van der Waals surface area contributed by atoms with Crippen LogP contribution in [0.2, 0.25) is 0 Å². The van der Waals surface area contributed by atoms with Crippen LogP contribution in [0.3, 0.4) is 0 Å². The number of sulfonamides is 1. The molecule has 2 aromatic carbocycles. The minimum atomic E-state index is -3.80. The first-order chi connectivity index (χ1) is 15.6. The molecule has 1 atom stereocenters. The molecule has 2 amide bonds. The lowest BCUT2D eigenvalue weighted by Gasteiger charge is -2.35. The standard InChI is InChI=1S/C24H30FN3O4S/c1-16-7-6-9-21(18(16)3)27-24(30)23(29)26-13-12-20-8-4-5-14-28(20)33(31,32)22-11-10-19(25)15-17(22)2/h6-7,9-11,15,20H,4-5,8,12-14H2,1-3H3,(H,26,29)(H,27,30)/t20-/m0/s1. The largest absolute Gasteiger partial charge is 0.348 e. The summed E-state index contributed by atoms with van der Waals surface area (Å²) in [6.07, 6.45) is 2.65. The van der Waals surface area contributed by atoms with Crippen molar-refractivity contribution in [3.63, 3.8) is 0 Å². The third kappa shape index (κ3) is 5.78. The molecule has 0 bridgehead atoms. The fourth-order valence-electron chi connectivity index (χ4n) is 4.11. The van der Waals surface area contributed by atoms with E-state index in [2.05, 4.69) is 10.6 Å². The fourth-order valence-corrected chi connectivity index (χ4v) is 6.04. The first-order valence-corrected chi connectivity index (χ1v) is 12.5. The van der Waals surface area contributed by atoms with Crippen LogP contribution in [0.4, 0.5) is 10.1 Å². The van der Waals surface area contributed by atoms with Crippen LogP contribution >= 0.6 is 0 Å². The molecule has 1 aliphatic rings. The van der Waals surface area contributed by atoms with E-state index in [1.165, 1.54) is 16.4 Å². The highest BCUT2D eigenvalue weighted by Gasteiger charge is 2.34. The van der Waals surface area contributed by atoms with Gasteiger partial charge >= 0.3 is 11.8 Å². The van der Waals surface area contributed by atoms with Crippen LogP contribution in [0.25, 0.3) is 0 Å². The number of carbonyl (C=O) groups is 2. The minimum absolute atomic E-state index is 0.0905. The van der Waals surface area contributed by atoms with Crippen LogP contribution in [0, 0.1) is 26.6 Å². The Balaban J connectivity index is 1.61. The molecule has 0 saturated carbocycles. The monoisotopic (exact) mass is 475 g/mol. The van der Waals surface area contributed by atoms with E-state index in [9.17, 15) is 22.4 Å². The molecule has 1 heterocycles. The second-order valence-electron chi connectivity index (χ2n) is 8.42. The number of nitrogens with one attached hydrogen (secondary N) is 2. The molecule has 33 heavy (non-hydrogen) atoms. The third-order valence-electron chi connectivity index (χ3n) is 6.12. The van der Waals surface area contributed by atoms with Crippen LogP contribution in [0.15, 0.2) is 41.3 Å². The lowest BCUT2D eigenvalue weighted by molar-refractivity contribution is -0.136. The molecule has 1 aliphatic heterocycles. The van der Waals surface area contributed by atoms with Gasteiger partial charge in [-0.25, -0.2) is 12.8 Å². The first kappa shape index (κ1) is 24.9. The van der Waals surface area contributed by atoms with E-state index in [1.54, 1.807) is 19.1 Å². The minimum Gasteiger partial charge on any atom is -0.348 e. The molecule has 0 unspecified atom stereocenters. The van der Waals surface area contributed by atoms with Crippen molar-refractivity contribution < 1.29 is 22.4 Å². The second-order valence-corrected chi connectivity index (χ2v) is 10.3. The number of aryl methyl sites for hydroxylation is 2. The van der Waals surface area contributed by atoms with Crippen molar-refractivity contribution in [1.82, 2.24) is 9.62 Å². The molecule has 0 aromatic heterocycles. The predicted octanol–water partition coefficient (Wildman–Crippen LogP) is 3.44. The number of hydrogen-bond donors (Lipinski definition) is 2. The van der Waals surface area contributed by atoms with E-state index in [0.29, 0.717) is 30.6 Å². The zero-order chi connectivity index (χ0) is 24.2. The summed E-state index contributed by atoms with van der Waals surface area (Å²) in [4.78, 5) is 24.6. The number of benzene rings is 2. The Kier molecular flexibility index (Phi) is 7.86. The second kappa shape index (κ2) is 10.4. The molecular weight excluding hydrogens is 445 g/mol. The van der Waals surface area contributed by atoms with Gasteiger partial charge in [0.05, 0.1) is 4.90 Å². The van der Waals surface area contributed by atoms with Gasteiger partial charge in [-0.15, -0.1) is 0 Å². The summed E-state index contributed by atoms with van der Waals surface area (Å²) in [5.41, 5.74) is 2.83. The van der Waals surface area contributed by atoms with Crippen LogP contribution in [-0.2, 0) is 19.6 Å². The number of halogens is 1. The van der Waals surface area contributed by atoms with E-state index >= 15 is 0 Å². The van der Waals surface area contributed by atoms with Crippen LogP contribution in [0.1, 0.15) is 42.4 Å². The van der Waals surface area contributed by atoms with Crippen LogP contribution in [-0.4, -0.2) is 43.7 Å². The Bertz CT molecular complexity index is 1150. The molecule has 1 fully saturated rings. The van der Waals surface area contributed by atoms with Crippen molar-refractivity contribution in [2.45, 2.75) is 57.4 Å². The summed E-state index contributed by atoms with van der Waals surface area (Å²) in [6, 6.07) is 8.80. The SMILES string of the molecule is Cc1cc(F)ccc1S(=O)(=O)N1CCCC[C@H]1CCNC(=O)C(=O)Nc1cccc(C)c1C. The molecule has 7 nitrogen and oxygen atoms in total. The Morgan fingerprint density at radius 2 is 1.82 bits per heavy atom. The highest BCUT2D eigenvalue weighted by atomic mass is 32.2. The lowest BCUT2D eigenvalue weighted by atomic mass is 10.0. The van der Waals surface area contributed by atoms with Crippen LogP contribution in [0.5, 0.6) is 0 Å². The molecule has 9 heteroatoms. The number of rotatable bonds is 6. The summed E-state index contributed by atoms with van der Waals surface area (Å²) in [5, 5.41) is 5.21. The average Bonchev–Trinajstić information content (AvgIpc) is 2.76. The van der Waals surface area contributed by atoms with Gasteiger partial charge in [-0.2, -0.15) is 4.31 Å². The van der Waals surface area contributed by atoms with Gasteiger partial charge < -0.3 is 10.6 Å². The van der Waals surface area contributed by atoms with Crippen LogP contribution < -0.4 is 10.6 Å². The van der Waals surface area contributed by atoms with Gasteiger partial charge in [0.2, 0.25) is 10.0 Å². The third-order valence-corrected chi connectivity index (χ3v) is 8.23. The number of amides is 2. The zero-order valence-electron chi connectivity index (χ0n) is 19.2. The molecule has 3 rings (SSSR count). The number of nitrogens with zero attached hydrogens (tertiary/aromatic N) is 1. The normalized spacial score (nSPS) is 16.9. The maximum absolute atomic E-state index is 13.5. The first-order valence-electron chi connectivity index (χ1n) is 11.0. The van der Waals surface area contributed by atoms with E-state index in [-0.39, 0.29) is 17.5 Å². The molecule has 1 saturated heterocycles. The van der Waals surface area contributed by atoms with Gasteiger partial charge in [-0.05, 0) is 81.0 Å².